The first kappa shape index (κ1) is 15.4. The van der Waals surface area contributed by atoms with E-state index in [2.05, 4.69) is 10.6 Å². The molecule has 2 N–H and O–H groups in total. The number of rotatable bonds is 4. The summed E-state index contributed by atoms with van der Waals surface area (Å²) in [4.78, 5) is 0. The lowest BCUT2D eigenvalue weighted by molar-refractivity contribution is 0.355. The molecule has 0 saturated heterocycles. The van der Waals surface area contributed by atoms with Gasteiger partial charge in [-0.15, -0.1) is 0 Å². The van der Waals surface area contributed by atoms with Crippen LogP contribution in [-0.4, -0.2) is 25.4 Å². The van der Waals surface area contributed by atoms with Crippen LogP contribution in [0.15, 0.2) is 12.1 Å². The summed E-state index contributed by atoms with van der Waals surface area (Å²) in [6, 6.07) is 4.43. The van der Waals surface area contributed by atoms with Crippen molar-refractivity contribution < 1.29 is 9.47 Å². The van der Waals surface area contributed by atoms with Crippen LogP contribution in [0.25, 0.3) is 0 Å². The predicted molar refractivity (Wildman–Crippen MR) is 92.9 cm³/mol. The minimum absolute atomic E-state index is 0.541. The van der Waals surface area contributed by atoms with E-state index in [1.54, 1.807) is 14.2 Å². The molecule has 2 aliphatic carbocycles. The summed E-state index contributed by atoms with van der Waals surface area (Å²) in [6.07, 6.45) is 5.38. The van der Waals surface area contributed by atoms with Crippen molar-refractivity contribution in [2.75, 3.05) is 19.5 Å². The van der Waals surface area contributed by atoms with Gasteiger partial charge in [-0.25, -0.2) is 0 Å². The van der Waals surface area contributed by atoms with Crippen molar-refractivity contribution in [2.45, 2.75) is 38.6 Å². The molecule has 5 heteroatoms. The highest BCUT2D eigenvalue weighted by atomic mass is 32.1. The second kappa shape index (κ2) is 6.32. The maximum atomic E-state index is 5.49. The van der Waals surface area contributed by atoms with Crippen molar-refractivity contribution in [2.24, 2.45) is 11.8 Å². The summed E-state index contributed by atoms with van der Waals surface area (Å²) in [5, 5.41) is 7.51. The van der Waals surface area contributed by atoms with Crippen LogP contribution in [0.4, 0.5) is 5.69 Å². The van der Waals surface area contributed by atoms with E-state index in [0.29, 0.717) is 16.9 Å². The molecule has 22 heavy (non-hydrogen) atoms. The summed E-state index contributed by atoms with van der Waals surface area (Å²) < 4.78 is 10.7. The van der Waals surface area contributed by atoms with Crippen LogP contribution in [-0.2, 0) is 0 Å². The Balaban J connectivity index is 1.66. The Bertz CT molecular complexity index is 576. The molecule has 2 bridgehead atoms. The zero-order valence-corrected chi connectivity index (χ0v) is 14.3. The molecule has 2 saturated carbocycles. The van der Waals surface area contributed by atoms with Gasteiger partial charge in [0, 0.05) is 17.8 Å². The fourth-order valence-corrected chi connectivity index (χ4v) is 4.12. The van der Waals surface area contributed by atoms with Crippen molar-refractivity contribution in [3.8, 4) is 11.5 Å². The van der Waals surface area contributed by atoms with E-state index in [1.807, 2.05) is 19.1 Å². The molecule has 4 nitrogen and oxygen atoms in total. The number of anilines is 1. The Kier molecular flexibility index (Phi) is 4.43. The molecule has 2 aliphatic rings. The smallest absolute Gasteiger partial charge is 0.171 e. The molecule has 3 atom stereocenters. The first-order valence-electron chi connectivity index (χ1n) is 7.91. The SMILES string of the molecule is COc1cc(C)c(NC(=S)N[C@H]2C[C@@H]3CC[C@@H]2C3)cc1OC. The van der Waals surface area contributed by atoms with Crippen LogP contribution in [0.5, 0.6) is 11.5 Å². The highest BCUT2D eigenvalue weighted by Gasteiger charge is 2.39. The first-order chi connectivity index (χ1) is 10.6. The Morgan fingerprint density at radius 2 is 1.86 bits per heavy atom. The Hall–Kier alpha value is -1.49. The van der Waals surface area contributed by atoms with Crippen molar-refractivity contribution in [1.29, 1.82) is 0 Å². The zero-order chi connectivity index (χ0) is 15.7. The summed E-state index contributed by atoms with van der Waals surface area (Å²) >= 11 is 5.49. The number of benzene rings is 1. The largest absolute Gasteiger partial charge is 0.493 e. The van der Waals surface area contributed by atoms with Crippen LogP contribution in [0.2, 0.25) is 0 Å². The third-order valence-corrected chi connectivity index (χ3v) is 5.25. The van der Waals surface area contributed by atoms with E-state index in [9.17, 15) is 0 Å². The molecule has 0 aromatic heterocycles. The van der Waals surface area contributed by atoms with Gasteiger partial charge in [0.15, 0.2) is 16.6 Å². The van der Waals surface area contributed by atoms with Crippen LogP contribution >= 0.6 is 12.2 Å². The standard InChI is InChI=1S/C17H24N2O2S/c1-10-6-15(20-2)16(21-3)9-13(10)18-17(22)19-14-8-11-4-5-12(14)7-11/h6,9,11-12,14H,4-5,7-8H2,1-3H3,(H2,18,19,22)/t11-,12-,14+/m1/s1. The average Bonchev–Trinajstić information content (AvgIpc) is 3.11. The van der Waals surface area contributed by atoms with Crippen molar-refractivity contribution in [3.63, 3.8) is 0 Å². The van der Waals surface area contributed by atoms with Crippen molar-refractivity contribution in [1.82, 2.24) is 5.32 Å². The van der Waals surface area contributed by atoms with E-state index in [4.69, 9.17) is 21.7 Å². The van der Waals surface area contributed by atoms with Gasteiger partial charge in [-0.05, 0) is 61.9 Å². The lowest BCUT2D eigenvalue weighted by atomic mass is 9.95. The van der Waals surface area contributed by atoms with Crippen molar-refractivity contribution >= 4 is 23.0 Å². The van der Waals surface area contributed by atoms with E-state index in [1.165, 1.54) is 25.7 Å². The van der Waals surface area contributed by atoms with Crippen LogP contribution in [0.1, 0.15) is 31.2 Å². The van der Waals surface area contributed by atoms with Gasteiger partial charge in [0.2, 0.25) is 0 Å². The normalized spacial score (nSPS) is 25.9. The first-order valence-corrected chi connectivity index (χ1v) is 8.31. The highest BCUT2D eigenvalue weighted by molar-refractivity contribution is 7.80. The second-order valence-corrected chi connectivity index (χ2v) is 6.81. The maximum Gasteiger partial charge on any atom is 0.171 e. The molecule has 0 aliphatic heterocycles. The second-order valence-electron chi connectivity index (χ2n) is 6.40. The molecule has 120 valence electrons. The molecular formula is C17H24N2O2S. The quantitative estimate of drug-likeness (QED) is 0.831. The number of ether oxygens (including phenoxy) is 2. The van der Waals surface area contributed by atoms with Crippen LogP contribution < -0.4 is 20.1 Å². The summed E-state index contributed by atoms with van der Waals surface area (Å²) in [7, 11) is 3.29. The molecule has 0 unspecified atom stereocenters. The molecule has 0 heterocycles. The number of thiocarbonyl (C=S) groups is 1. The molecule has 1 aromatic carbocycles. The molecular weight excluding hydrogens is 296 g/mol. The summed E-state index contributed by atoms with van der Waals surface area (Å²) in [5.74, 6) is 3.15. The number of hydrogen-bond acceptors (Lipinski definition) is 3. The fourth-order valence-electron chi connectivity index (χ4n) is 3.86. The van der Waals surface area contributed by atoms with E-state index in [0.717, 1.165) is 28.8 Å². The van der Waals surface area contributed by atoms with E-state index < -0.39 is 0 Å². The highest BCUT2D eigenvalue weighted by Crippen LogP contribution is 2.44. The van der Waals surface area contributed by atoms with Gasteiger partial charge in [0.25, 0.3) is 0 Å². The number of methoxy groups -OCH3 is 2. The lowest BCUT2D eigenvalue weighted by Gasteiger charge is -2.25. The molecule has 1 aromatic rings. The van der Waals surface area contributed by atoms with Gasteiger partial charge in [-0.1, -0.05) is 6.42 Å². The number of fused-ring (bicyclic) bond motifs is 2. The van der Waals surface area contributed by atoms with Crippen LogP contribution in [0, 0.1) is 18.8 Å². The number of aryl methyl sites for hydroxylation is 1. The molecule has 2 fully saturated rings. The minimum Gasteiger partial charge on any atom is -0.493 e. The van der Waals surface area contributed by atoms with Gasteiger partial charge >= 0.3 is 0 Å². The van der Waals surface area contributed by atoms with Gasteiger partial charge in [-0.2, -0.15) is 0 Å². The molecule has 0 radical (unpaired) electrons. The molecule has 0 spiro atoms. The maximum absolute atomic E-state index is 5.49. The summed E-state index contributed by atoms with van der Waals surface area (Å²) in [6.45, 7) is 2.03. The zero-order valence-electron chi connectivity index (χ0n) is 13.4. The predicted octanol–water partition coefficient (Wildman–Crippen LogP) is 3.49. The Morgan fingerprint density at radius 1 is 1.14 bits per heavy atom. The van der Waals surface area contributed by atoms with Gasteiger partial charge in [-0.3, -0.25) is 0 Å². The van der Waals surface area contributed by atoms with Gasteiger partial charge in [0.05, 0.1) is 14.2 Å². The summed E-state index contributed by atoms with van der Waals surface area (Å²) in [5.41, 5.74) is 2.04. The van der Waals surface area contributed by atoms with E-state index in [-0.39, 0.29) is 0 Å². The lowest BCUT2D eigenvalue weighted by Crippen LogP contribution is -2.40. The minimum atomic E-state index is 0.541. The van der Waals surface area contributed by atoms with E-state index >= 15 is 0 Å². The topological polar surface area (TPSA) is 42.5 Å². The monoisotopic (exact) mass is 320 g/mol. The number of hydrogen-bond donors (Lipinski definition) is 2. The molecule has 0 amide bonds. The van der Waals surface area contributed by atoms with Crippen LogP contribution in [0.3, 0.4) is 0 Å². The number of nitrogens with one attached hydrogen (secondary N) is 2. The third kappa shape index (κ3) is 3.00. The average molecular weight is 320 g/mol. The third-order valence-electron chi connectivity index (χ3n) is 5.03. The molecule has 3 rings (SSSR count). The van der Waals surface area contributed by atoms with Gasteiger partial charge < -0.3 is 20.1 Å². The fraction of sp³-hybridized carbons (Fsp3) is 0.588. The van der Waals surface area contributed by atoms with Gasteiger partial charge in [0.1, 0.15) is 0 Å². The Labute approximate surface area is 137 Å². The Morgan fingerprint density at radius 3 is 2.45 bits per heavy atom. The van der Waals surface area contributed by atoms with Crippen molar-refractivity contribution in [3.05, 3.63) is 17.7 Å².